The van der Waals surface area contributed by atoms with Gasteiger partial charge in [-0.05, 0) is 15.5 Å². The fourth-order valence-corrected chi connectivity index (χ4v) is 1.61. The summed E-state index contributed by atoms with van der Waals surface area (Å²) >= 11 is 0. The smallest absolute Gasteiger partial charge is 0.390 e. The molecule has 1 aromatic carbocycles. The van der Waals surface area contributed by atoms with E-state index in [0.29, 0.717) is 6.54 Å². The van der Waals surface area contributed by atoms with E-state index >= 15 is 0 Å². The van der Waals surface area contributed by atoms with Gasteiger partial charge in [0.05, 0.1) is 12.8 Å². The lowest BCUT2D eigenvalue weighted by molar-refractivity contribution is -0.389. The summed E-state index contributed by atoms with van der Waals surface area (Å²) in [5.41, 5.74) is 1.13. The zero-order valence-electron chi connectivity index (χ0n) is 9.30. The van der Waals surface area contributed by atoms with Crippen molar-refractivity contribution in [1.82, 2.24) is 9.55 Å². The number of rotatable bonds is 4. The van der Waals surface area contributed by atoms with Crippen LogP contribution in [0, 0.1) is 10.1 Å². The number of benzene rings is 1. The summed E-state index contributed by atoms with van der Waals surface area (Å²) in [7, 11) is 0. The Labute approximate surface area is 102 Å². The second-order valence-electron chi connectivity index (χ2n) is 3.57. The molecule has 2 aromatic rings. The highest BCUT2D eigenvalue weighted by molar-refractivity contribution is 5.81. The second-order valence-corrected chi connectivity index (χ2v) is 3.57. The molecular weight excluding hydrogens is 236 g/mol. The van der Waals surface area contributed by atoms with Crippen LogP contribution in [0.4, 0.5) is 5.82 Å². The van der Waals surface area contributed by atoms with Crippen LogP contribution in [0.2, 0.25) is 0 Å². The minimum absolute atomic E-state index is 0.159. The fourth-order valence-electron chi connectivity index (χ4n) is 1.61. The van der Waals surface area contributed by atoms with E-state index in [1.165, 1.54) is 6.33 Å². The summed E-state index contributed by atoms with van der Waals surface area (Å²) in [6.45, 7) is 0.420. The average molecular weight is 246 g/mol. The maximum absolute atomic E-state index is 10.7. The molecule has 0 aliphatic heterocycles. The second kappa shape index (κ2) is 5.09. The van der Waals surface area contributed by atoms with Gasteiger partial charge in [-0.25, -0.2) is 0 Å². The highest BCUT2D eigenvalue weighted by Crippen LogP contribution is 2.15. The molecule has 0 amide bonds. The number of aromatic nitrogens is 2. The molecule has 92 valence electrons. The Morgan fingerprint density at radius 1 is 1.44 bits per heavy atom. The van der Waals surface area contributed by atoms with Crippen molar-refractivity contribution in [1.29, 1.82) is 0 Å². The normalized spacial score (nSPS) is 10.9. The molecule has 0 unspecified atom stereocenters. The molecule has 0 saturated carbocycles. The summed E-state index contributed by atoms with van der Waals surface area (Å²) in [6.07, 6.45) is 2.36. The first-order valence-electron chi connectivity index (χ1n) is 5.13. The maximum atomic E-state index is 10.7. The summed E-state index contributed by atoms with van der Waals surface area (Å²) in [6, 6.07) is 9.42. The van der Waals surface area contributed by atoms with Crippen LogP contribution >= 0.6 is 0 Å². The predicted molar refractivity (Wildman–Crippen MR) is 63.8 cm³/mol. The minimum Gasteiger partial charge on any atom is -0.411 e. The molecule has 0 spiro atoms. The van der Waals surface area contributed by atoms with E-state index in [1.807, 2.05) is 30.3 Å². The Hall–Kier alpha value is -2.70. The van der Waals surface area contributed by atoms with Crippen LogP contribution in [0.15, 0.2) is 41.8 Å². The van der Waals surface area contributed by atoms with E-state index in [2.05, 4.69) is 10.1 Å². The molecule has 1 aromatic heterocycles. The third-order valence-electron chi connectivity index (χ3n) is 2.41. The van der Waals surface area contributed by atoms with Crippen molar-refractivity contribution in [3.63, 3.8) is 0 Å². The Kier molecular flexibility index (Phi) is 3.33. The number of hydrogen-bond donors (Lipinski definition) is 1. The summed E-state index contributed by atoms with van der Waals surface area (Å²) < 4.78 is 1.55. The SMILES string of the molecule is O=[N+]([O-])c1ncn(Cc2ccccc2)c1/C=N/O. The maximum Gasteiger partial charge on any atom is 0.390 e. The van der Waals surface area contributed by atoms with E-state index in [1.54, 1.807) is 4.57 Å². The number of nitrogens with zero attached hydrogens (tertiary/aromatic N) is 4. The van der Waals surface area contributed by atoms with Crippen molar-refractivity contribution < 1.29 is 10.1 Å². The third-order valence-corrected chi connectivity index (χ3v) is 2.41. The van der Waals surface area contributed by atoms with Crippen molar-refractivity contribution in [3.8, 4) is 0 Å². The lowest BCUT2D eigenvalue weighted by atomic mass is 10.2. The standard InChI is InChI=1S/C11H10N4O3/c16-13-6-10-11(15(17)18)12-8-14(10)7-9-4-2-1-3-5-9/h1-6,8,16H,7H2/b13-6+. The van der Waals surface area contributed by atoms with Crippen LogP contribution in [0.5, 0.6) is 0 Å². The van der Waals surface area contributed by atoms with Crippen molar-refractivity contribution in [2.45, 2.75) is 6.54 Å². The van der Waals surface area contributed by atoms with Crippen molar-refractivity contribution in [3.05, 3.63) is 58.0 Å². The third kappa shape index (κ3) is 2.34. The van der Waals surface area contributed by atoms with Gasteiger partial charge in [0.15, 0.2) is 5.69 Å². The van der Waals surface area contributed by atoms with Gasteiger partial charge in [-0.2, -0.15) is 0 Å². The summed E-state index contributed by atoms with van der Waals surface area (Å²) in [5, 5.41) is 22.1. The Morgan fingerprint density at radius 2 is 2.17 bits per heavy atom. The summed E-state index contributed by atoms with van der Waals surface area (Å²) in [4.78, 5) is 13.8. The molecule has 0 fully saturated rings. The quantitative estimate of drug-likeness (QED) is 0.384. The molecule has 0 aliphatic carbocycles. The summed E-state index contributed by atoms with van der Waals surface area (Å²) in [5.74, 6) is -0.330. The first-order chi connectivity index (χ1) is 8.72. The Morgan fingerprint density at radius 3 is 2.78 bits per heavy atom. The van der Waals surface area contributed by atoms with Crippen LogP contribution in [0.3, 0.4) is 0 Å². The molecule has 2 rings (SSSR count). The van der Waals surface area contributed by atoms with Gasteiger partial charge in [-0.1, -0.05) is 35.5 Å². The zero-order chi connectivity index (χ0) is 13.0. The molecule has 0 saturated heterocycles. The van der Waals surface area contributed by atoms with Crippen LogP contribution in [0.25, 0.3) is 0 Å². The lowest BCUT2D eigenvalue weighted by Gasteiger charge is -2.03. The largest absolute Gasteiger partial charge is 0.411 e. The molecule has 0 atom stereocenters. The van der Waals surface area contributed by atoms with Crippen LogP contribution < -0.4 is 0 Å². The van der Waals surface area contributed by atoms with Crippen LogP contribution in [0.1, 0.15) is 11.3 Å². The van der Waals surface area contributed by atoms with Gasteiger partial charge >= 0.3 is 5.82 Å². The molecule has 0 radical (unpaired) electrons. The Bertz CT molecular complexity index is 577. The Balaban J connectivity index is 2.36. The van der Waals surface area contributed by atoms with E-state index in [-0.39, 0.29) is 11.5 Å². The van der Waals surface area contributed by atoms with Crippen LogP contribution in [-0.2, 0) is 6.54 Å². The first-order valence-corrected chi connectivity index (χ1v) is 5.13. The predicted octanol–water partition coefficient (Wildman–Crippen LogP) is 1.65. The molecule has 0 aliphatic rings. The lowest BCUT2D eigenvalue weighted by Crippen LogP contribution is -2.04. The molecule has 0 bridgehead atoms. The fraction of sp³-hybridized carbons (Fsp3) is 0.0909. The topological polar surface area (TPSA) is 93.5 Å². The van der Waals surface area contributed by atoms with Gasteiger partial charge < -0.3 is 15.3 Å². The van der Waals surface area contributed by atoms with Gasteiger partial charge in [0, 0.05) is 0 Å². The van der Waals surface area contributed by atoms with Crippen molar-refractivity contribution in [2.75, 3.05) is 0 Å². The minimum atomic E-state index is -0.613. The van der Waals surface area contributed by atoms with Gasteiger partial charge in [0.1, 0.15) is 0 Å². The number of imidazole rings is 1. The van der Waals surface area contributed by atoms with E-state index in [0.717, 1.165) is 11.8 Å². The molecule has 1 N–H and O–H groups in total. The van der Waals surface area contributed by atoms with Crippen LogP contribution in [-0.4, -0.2) is 25.9 Å². The van der Waals surface area contributed by atoms with E-state index < -0.39 is 4.92 Å². The van der Waals surface area contributed by atoms with E-state index in [4.69, 9.17) is 5.21 Å². The highest BCUT2D eigenvalue weighted by Gasteiger charge is 2.20. The molecular formula is C11H10N4O3. The van der Waals surface area contributed by atoms with E-state index in [9.17, 15) is 10.1 Å². The molecule has 7 heteroatoms. The van der Waals surface area contributed by atoms with Crippen molar-refractivity contribution in [2.24, 2.45) is 5.16 Å². The number of nitro groups is 1. The zero-order valence-corrected chi connectivity index (χ0v) is 9.30. The first kappa shape index (κ1) is 11.8. The van der Waals surface area contributed by atoms with Gasteiger partial charge in [-0.15, -0.1) is 0 Å². The average Bonchev–Trinajstić information content (AvgIpc) is 2.74. The molecule has 1 heterocycles. The monoisotopic (exact) mass is 246 g/mol. The molecule has 7 nitrogen and oxygen atoms in total. The van der Waals surface area contributed by atoms with Gasteiger partial charge in [0.25, 0.3) is 0 Å². The number of hydrogen-bond acceptors (Lipinski definition) is 5. The van der Waals surface area contributed by atoms with Gasteiger partial charge in [0.2, 0.25) is 6.33 Å². The molecule has 18 heavy (non-hydrogen) atoms. The highest BCUT2D eigenvalue weighted by atomic mass is 16.6. The van der Waals surface area contributed by atoms with Gasteiger partial charge in [-0.3, -0.25) is 4.57 Å². The number of oxime groups is 1. The van der Waals surface area contributed by atoms with Crippen molar-refractivity contribution >= 4 is 12.0 Å².